The van der Waals surface area contributed by atoms with Crippen molar-refractivity contribution in [2.75, 3.05) is 26.1 Å². The number of phosphoric ester groups is 2. The minimum atomic E-state index is -5.12. The highest BCUT2D eigenvalue weighted by Crippen LogP contribution is 2.50. The molecule has 0 radical (unpaired) electrons. The van der Waals surface area contributed by atoms with Gasteiger partial charge in [0.05, 0.1) is 25.6 Å². The Bertz CT molecular complexity index is 1780. The number of aromatic amines is 1. The minimum absolute atomic E-state index is 0.0943. The molecular weight excluding hydrogens is 676 g/mol. The number of ether oxygens (including phenoxy) is 4. The summed E-state index contributed by atoms with van der Waals surface area (Å²) in [6.07, 6.45) is -7.47. The molecule has 7 N–H and O–H groups in total. The van der Waals surface area contributed by atoms with E-state index < -0.39 is 95.3 Å². The molecule has 3 aromatic heterocycles. The molecule has 0 amide bonds. The zero-order chi connectivity index (χ0) is 34.3. The number of aliphatic hydroxyl groups excluding tert-OH is 1. The molecule has 9 atom stereocenters. The van der Waals surface area contributed by atoms with Crippen LogP contribution in [0.25, 0.3) is 11.2 Å². The molecule has 260 valence electrons. The molecule has 3 aromatic rings. The van der Waals surface area contributed by atoms with Gasteiger partial charge in [-0.05, 0) is 13.8 Å². The van der Waals surface area contributed by atoms with Crippen LogP contribution in [0.15, 0.2) is 34.5 Å². The van der Waals surface area contributed by atoms with Gasteiger partial charge in [-0.25, -0.2) is 28.9 Å². The van der Waals surface area contributed by atoms with Gasteiger partial charge in [-0.2, -0.15) is 0 Å². The van der Waals surface area contributed by atoms with Crippen LogP contribution in [0.2, 0.25) is 0 Å². The molecule has 0 aliphatic carbocycles. The highest BCUT2D eigenvalue weighted by atomic mass is 31.2. The van der Waals surface area contributed by atoms with Gasteiger partial charge >= 0.3 is 21.3 Å². The Kier molecular flexibility index (Phi) is 10.4. The molecule has 0 bridgehead atoms. The number of hydrogen-bond donors (Lipinski definition) is 6. The van der Waals surface area contributed by atoms with Crippen LogP contribution in [0.3, 0.4) is 0 Å². The van der Waals surface area contributed by atoms with Crippen LogP contribution < -0.4 is 17.0 Å². The summed E-state index contributed by atoms with van der Waals surface area (Å²) in [5, 5.41) is 11.2. The normalized spacial score (nSPS) is 29.5. The molecule has 5 heterocycles. The third-order valence-electron chi connectivity index (χ3n) is 7.15. The fourth-order valence-corrected chi connectivity index (χ4v) is 6.52. The van der Waals surface area contributed by atoms with E-state index in [0.717, 1.165) is 23.9 Å². The summed E-state index contributed by atoms with van der Waals surface area (Å²) < 4.78 is 65.1. The van der Waals surface area contributed by atoms with Crippen LogP contribution in [0.5, 0.6) is 0 Å². The summed E-state index contributed by atoms with van der Waals surface area (Å²) in [6, 6.07) is 1.00. The van der Waals surface area contributed by atoms with Crippen molar-refractivity contribution in [3.8, 4) is 0 Å². The maximum absolute atomic E-state index is 13.3. The van der Waals surface area contributed by atoms with Crippen molar-refractivity contribution < 1.29 is 61.4 Å². The number of nitrogens with two attached hydrogens (primary N) is 1. The number of hydrogen-bond acceptors (Lipinski definition) is 16. The van der Waals surface area contributed by atoms with Gasteiger partial charge in [-0.15, -0.1) is 0 Å². The smallest absolute Gasteiger partial charge is 0.386 e. The Hall–Kier alpha value is -2.95. The highest BCUT2D eigenvalue weighted by Gasteiger charge is 2.52. The first-order valence-electron chi connectivity index (χ1n) is 13.9. The first-order valence-corrected chi connectivity index (χ1v) is 16.9. The van der Waals surface area contributed by atoms with E-state index in [2.05, 4.69) is 19.5 Å². The van der Waals surface area contributed by atoms with Crippen LogP contribution >= 0.6 is 15.6 Å². The Labute approximate surface area is 264 Å². The summed E-state index contributed by atoms with van der Waals surface area (Å²) in [6.45, 7) is 1.86. The number of aromatic nitrogens is 6. The number of aliphatic hydroxyl groups is 1. The van der Waals surface area contributed by atoms with Gasteiger partial charge in [0.15, 0.2) is 23.9 Å². The van der Waals surface area contributed by atoms with Crippen LogP contribution in [0.1, 0.15) is 26.3 Å². The zero-order valence-corrected chi connectivity index (χ0v) is 26.7. The minimum Gasteiger partial charge on any atom is -0.386 e. The van der Waals surface area contributed by atoms with Gasteiger partial charge < -0.3 is 44.5 Å². The third kappa shape index (κ3) is 7.86. The number of anilines is 1. The van der Waals surface area contributed by atoms with Crippen molar-refractivity contribution in [2.24, 2.45) is 0 Å². The second kappa shape index (κ2) is 13.9. The van der Waals surface area contributed by atoms with Crippen molar-refractivity contribution in [3.05, 3.63) is 45.8 Å². The monoisotopic (exact) mass is 709 g/mol. The topological polar surface area (TPSA) is 304 Å². The van der Waals surface area contributed by atoms with Gasteiger partial charge in [0, 0.05) is 19.4 Å². The van der Waals surface area contributed by atoms with Crippen LogP contribution in [-0.4, -0.2) is 112 Å². The summed E-state index contributed by atoms with van der Waals surface area (Å²) in [7, 11) is -9.02. The van der Waals surface area contributed by atoms with E-state index in [-0.39, 0.29) is 17.0 Å². The maximum atomic E-state index is 13.3. The van der Waals surface area contributed by atoms with Gasteiger partial charge in [0.1, 0.15) is 48.5 Å². The maximum Gasteiger partial charge on any atom is 0.472 e. The van der Waals surface area contributed by atoms with Crippen molar-refractivity contribution in [1.29, 1.82) is 0 Å². The van der Waals surface area contributed by atoms with Gasteiger partial charge in [-0.3, -0.25) is 32.5 Å². The summed E-state index contributed by atoms with van der Waals surface area (Å²) in [4.78, 5) is 67.5. The summed E-state index contributed by atoms with van der Waals surface area (Å²) >= 11 is 0. The molecule has 2 aliphatic heterocycles. The number of methoxy groups -OCH3 is 1. The predicted molar refractivity (Wildman–Crippen MR) is 154 cm³/mol. The second-order valence-electron chi connectivity index (χ2n) is 10.7. The molecule has 24 heteroatoms. The van der Waals surface area contributed by atoms with E-state index in [1.165, 1.54) is 17.2 Å². The number of nitrogens with one attached hydrogen (secondary N) is 1. The summed E-state index contributed by atoms with van der Waals surface area (Å²) in [5.74, 6) is 0.0943. The third-order valence-corrected chi connectivity index (χ3v) is 8.62. The van der Waals surface area contributed by atoms with Gasteiger partial charge in [0.25, 0.3) is 5.56 Å². The van der Waals surface area contributed by atoms with Crippen molar-refractivity contribution >= 4 is 32.6 Å². The average molecular weight is 709 g/mol. The molecule has 2 aliphatic rings. The van der Waals surface area contributed by atoms with E-state index in [1.54, 1.807) is 13.8 Å². The Morgan fingerprint density at radius 1 is 1.00 bits per heavy atom. The molecule has 0 spiro atoms. The van der Waals surface area contributed by atoms with E-state index in [4.69, 9.17) is 33.7 Å². The molecular formula is C23H33N7O15P2. The van der Waals surface area contributed by atoms with E-state index in [1.807, 2.05) is 4.98 Å². The molecule has 0 aromatic carbocycles. The molecule has 47 heavy (non-hydrogen) atoms. The Morgan fingerprint density at radius 2 is 1.68 bits per heavy atom. The van der Waals surface area contributed by atoms with Crippen molar-refractivity contribution in [3.63, 3.8) is 0 Å². The number of imidazole rings is 1. The van der Waals surface area contributed by atoms with Crippen LogP contribution in [0, 0.1) is 0 Å². The average Bonchev–Trinajstić information content (AvgIpc) is 3.64. The van der Waals surface area contributed by atoms with Gasteiger partial charge in [0.2, 0.25) is 0 Å². The van der Waals surface area contributed by atoms with Crippen LogP contribution in [-0.2, 0) is 41.6 Å². The lowest BCUT2D eigenvalue weighted by atomic mass is 10.1. The first kappa shape index (κ1) is 35.4. The largest absolute Gasteiger partial charge is 0.472 e. The molecule has 3 unspecified atom stereocenters. The second-order valence-corrected chi connectivity index (χ2v) is 13.3. The fraction of sp³-hybridized carbons (Fsp3) is 0.609. The molecule has 2 fully saturated rings. The number of fused-ring (bicyclic) bond motifs is 1. The number of rotatable bonds is 13. The number of nitrogens with zero attached hydrogens (tertiary/aromatic N) is 5. The first-order chi connectivity index (χ1) is 22.1. The number of nitrogen functional groups attached to an aromatic ring is 1. The Morgan fingerprint density at radius 3 is 2.34 bits per heavy atom. The SMILES string of the molecule is COC1[C@@H](OP(=O)(O)OC[C@H]2O[C@@H](n3cnc4c(N)ncnc43)C(O)[C@H]2OC(C)C)[C@@H](COP(=O)(O)O)O[C@H]1n1ccc(=O)[nH]c1=O. The zero-order valence-electron chi connectivity index (χ0n) is 24.9. The van der Waals surface area contributed by atoms with E-state index in [9.17, 15) is 38.5 Å². The number of H-pyrrole nitrogens is 1. The summed E-state index contributed by atoms with van der Waals surface area (Å²) in [5.41, 5.74) is 4.70. The van der Waals surface area contributed by atoms with Crippen molar-refractivity contribution in [1.82, 2.24) is 29.1 Å². The lowest BCUT2D eigenvalue weighted by molar-refractivity contribution is -0.0814. The van der Waals surface area contributed by atoms with Crippen LogP contribution in [0.4, 0.5) is 5.82 Å². The van der Waals surface area contributed by atoms with E-state index in [0.29, 0.717) is 0 Å². The Balaban J connectivity index is 1.36. The molecule has 0 saturated carbocycles. The number of phosphoric acid groups is 2. The standard InChI is InChI=1S/C23H33N7O15P2/c1-10(2)42-16-11(43-21(15(16)32)30-9-27-14-19(24)25-8-26-20(14)30)7-41-47(37,38)45-17-12(6-40-46(34,35)36)44-22(18(17)39-3)29-5-4-13(31)28-23(29)33/h4-5,8-12,15-18,21-22,32H,6-7H2,1-3H3,(H,37,38)(H2,24,25,26)(H,28,31,33)(H2,34,35,36)/t11-,12-,15?,16+,17+,18?,21-,22-/m1/s1. The predicted octanol–water partition coefficient (Wildman–Crippen LogP) is -1.47. The quantitative estimate of drug-likeness (QED) is 0.110. The lowest BCUT2D eigenvalue weighted by Gasteiger charge is -2.26. The lowest BCUT2D eigenvalue weighted by Crippen LogP contribution is -2.40. The van der Waals surface area contributed by atoms with Gasteiger partial charge in [-0.1, -0.05) is 0 Å². The highest BCUT2D eigenvalue weighted by molar-refractivity contribution is 7.47. The van der Waals surface area contributed by atoms with E-state index >= 15 is 0 Å². The molecule has 2 saturated heterocycles. The molecule has 22 nitrogen and oxygen atoms in total. The molecule has 5 rings (SSSR count). The fourth-order valence-electron chi connectivity index (χ4n) is 5.22. The van der Waals surface area contributed by atoms with Crippen molar-refractivity contribution in [2.45, 2.75) is 69.0 Å².